The molecule has 0 spiro atoms. The van der Waals surface area contributed by atoms with Crippen LogP contribution in [0.1, 0.15) is 62.5 Å². The molecule has 17 heteroatoms. The highest BCUT2D eigenvalue weighted by atomic mass is 79.9. The van der Waals surface area contributed by atoms with Crippen LogP contribution in [0.25, 0.3) is 11.0 Å². The summed E-state index contributed by atoms with van der Waals surface area (Å²) < 4.78 is 20.2. The number of nitrogens with one attached hydrogen (secondary N) is 3. The molecule has 4 fully saturated rings. The second-order valence-corrected chi connectivity index (χ2v) is 22.7. The minimum atomic E-state index is -2.77. The molecule has 1 aliphatic carbocycles. The maximum Gasteiger partial charge on any atom is 0.234 e. The van der Waals surface area contributed by atoms with Gasteiger partial charge in [0.1, 0.15) is 24.2 Å². The van der Waals surface area contributed by atoms with Crippen LogP contribution in [0.3, 0.4) is 0 Å². The Bertz CT molecular complexity index is 2640. The van der Waals surface area contributed by atoms with Gasteiger partial charge in [-0.05, 0) is 115 Å². The highest BCUT2D eigenvalue weighted by Crippen LogP contribution is 2.42. The summed E-state index contributed by atoms with van der Waals surface area (Å²) >= 11 is 3.61. The minimum absolute atomic E-state index is 0.175. The fourth-order valence-electron chi connectivity index (χ4n) is 10.4. The Labute approximate surface area is 396 Å². The Balaban J connectivity index is 0.767. The zero-order chi connectivity index (χ0) is 46.1. The summed E-state index contributed by atoms with van der Waals surface area (Å²) in [6.07, 6.45) is 11.4. The zero-order valence-corrected chi connectivity index (χ0v) is 41.1. The van der Waals surface area contributed by atoms with E-state index in [1.807, 2.05) is 24.3 Å². The lowest BCUT2D eigenvalue weighted by molar-refractivity contribution is -0.134. The lowest BCUT2D eigenvalue weighted by Gasteiger charge is -2.47. The number of hydrogen-bond acceptors (Lipinski definition) is 14. The smallest absolute Gasteiger partial charge is 0.234 e. The number of halogens is 1. The van der Waals surface area contributed by atoms with E-state index < -0.39 is 7.14 Å². The molecule has 15 nitrogen and oxygen atoms in total. The van der Waals surface area contributed by atoms with Crippen molar-refractivity contribution >= 4 is 85.7 Å². The van der Waals surface area contributed by atoms with Crippen LogP contribution in [0.4, 0.5) is 34.5 Å². The van der Waals surface area contributed by atoms with Gasteiger partial charge in [-0.2, -0.15) is 4.98 Å². The molecule has 2 amide bonds. The van der Waals surface area contributed by atoms with Crippen molar-refractivity contribution in [2.24, 2.45) is 5.92 Å². The van der Waals surface area contributed by atoms with Gasteiger partial charge in [0.2, 0.25) is 17.8 Å². The molecule has 2 aromatic heterocycles. The number of ether oxygens (including phenoxy) is 1. The van der Waals surface area contributed by atoms with Crippen molar-refractivity contribution in [1.82, 2.24) is 35.1 Å². The van der Waals surface area contributed by atoms with Crippen LogP contribution in [0.15, 0.2) is 71.6 Å². The van der Waals surface area contributed by atoms with Gasteiger partial charge in [-0.25, -0.2) is 4.98 Å². The number of aryl methyl sites for hydroxylation is 1. The average Bonchev–Trinajstić information content (AvgIpc) is 3.30. The summed E-state index contributed by atoms with van der Waals surface area (Å²) in [5, 5.41) is 9.94. The van der Waals surface area contributed by atoms with Gasteiger partial charge in [0.05, 0.1) is 39.7 Å². The summed E-state index contributed by atoms with van der Waals surface area (Å²) in [4.78, 5) is 52.8. The predicted octanol–water partition coefficient (Wildman–Crippen LogP) is 7.51. The number of nitrogens with zero attached hydrogens (tertiary/aromatic N) is 8. The number of piperidine rings is 2. The number of amides is 2. The summed E-state index contributed by atoms with van der Waals surface area (Å²) in [5.41, 5.74) is 7.31. The zero-order valence-electron chi connectivity index (χ0n) is 38.6. The van der Waals surface area contributed by atoms with Crippen molar-refractivity contribution in [3.8, 4) is 5.75 Å². The highest BCUT2D eigenvalue weighted by Gasteiger charge is 2.36. The average molecular weight is 979 g/mol. The topological polar surface area (TPSA) is 161 Å². The quantitative estimate of drug-likeness (QED) is 0.0741. The number of carbonyl (C=O) groups excluding carboxylic acids is 2. The van der Waals surface area contributed by atoms with Crippen LogP contribution in [0.2, 0.25) is 0 Å². The Morgan fingerprint density at radius 2 is 1.70 bits per heavy atom. The van der Waals surface area contributed by atoms with Gasteiger partial charge in [-0.3, -0.25) is 29.8 Å². The highest BCUT2D eigenvalue weighted by molar-refractivity contribution is 9.10. The number of anilines is 6. The van der Waals surface area contributed by atoms with Gasteiger partial charge in [-0.1, -0.05) is 19.1 Å². The second kappa shape index (κ2) is 19.6. The van der Waals surface area contributed by atoms with Crippen LogP contribution >= 0.6 is 23.1 Å². The monoisotopic (exact) mass is 977 g/mol. The maximum atomic E-state index is 13.5. The SMILES string of the molecule is CCc1cc(Nc2ncc(Br)c(Nc3ccc4nccnc4c3P(C)(C)=O)n2)c(OC)cc1N1CCC(N2CCN(C[C@H]3C[C@H](N(C)c4cccc(C5CCC(=O)NC5=O)c4)C3)CC2)CC1. The molecule has 5 heterocycles. The van der Waals surface area contributed by atoms with Gasteiger partial charge >= 0.3 is 0 Å². The number of methoxy groups -OCH3 is 1. The van der Waals surface area contributed by atoms with Crippen molar-refractivity contribution in [2.45, 2.75) is 69.9 Å². The molecule has 3 aliphatic heterocycles. The Kier molecular flexibility index (Phi) is 13.7. The molecule has 9 rings (SSSR count). The molecule has 4 aliphatic rings. The van der Waals surface area contributed by atoms with E-state index in [0.717, 1.165) is 87.8 Å². The van der Waals surface area contributed by atoms with E-state index in [2.05, 4.69) is 105 Å². The van der Waals surface area contributed by atoms with Gasteiger partial charge in [0, 0.05) is 107 Å². The van der Waals surface area contributed by atoms with E-state index in [4.69, 9.17) is 9.72 Å². The first kappa shape index (κ1) is 46.0. The van der Waals surface area contributed by atoms with E-state index in [1.165, 1.54) is 24.1 Å². The molecule has 5 aromatic rings. The van der Waals surface area contributed by atoms with Crippen molar-refractivity contribution < 1.29 is 18.9 Å². The fraction of sp³-hybridized carbons (Fsp3) is 0.469. The maximum absolute atomic E-state index is 13.5. The first-order valence-corrected chi connectivity index (χ1v) is 26.7. The molecular formula is C49H61BrN11O4P. The molecule has 348 valence electrons. The van der Waals surface area contributed by atoms with Crippen molar-refractivity contribution in [3.63, 3.8) is 0 Å². The normalized spacial score (nSPS) is 21.1. The summed E-state index contributed by atoms with van der Waals surface area (Å²) in [7, 11) is 1.11. The number of piperazine rings is 1. The van der Waals surface area contributed by atoms with Gasteiger partial charge in [0.15, 0.2) is 0 Å². The van der Waals surface area contributed by atoms with Crippen LogP contribution < -0.4 is 35.8 Å². The Morgan fingerprint density at radius 3 is 2.42 bits per heavy atom. The van der Waals surface area contributed by atoms with Gasteiger partial charge in [-0.15, -0.1) is 0 Å². The van der Waals surface area contributed by atoms with Gasteiger partial charge in [0.25, 0.3) is 0 Å². The number of hydrogen-bond donors (Lipinski definition) is 3. The van der Waals surface area contributed by atoms with Crippen molar-refractivity contribution in [3.05, 3.63) is 82.7 Å². The van der Waals surface area contributed by atoms with E-state index >= 15 is 0 Å². The first-order valence-electron chi connectivity index (χ1n) is 23.3. The fourth-order valence-corrected chi connectivity index (χ4v) is 12.1. The van der Waals surface area contributed by atoms with Crippen LogP contribution in [-0.4, -0.2) is 127 Å². The third-order valence-electron chi connectivity index (χ3n) is 14.1. The number of benzene rings is 3. The first-order chi connectivity index (χ1) is 31.8. The molecule has 1 unspecified atom stereocenters. The molecular weight excluding hydrogens is 917 g/mol. The van der Waals surface area contributed by atoms with Crippen molar-refractivity contribution in [1.29, 1.82) is 0 Å². The molecule has 3 saturated heterocycles. The Morgan fingerprint density at radius 1 is 0.924 bits per heavy atom. The molecule has 1 atom stereocenters. The molecule has 66 heavy (non-hydrogen) atoms. The van der Waals surface area contributed by atoms with Crippen LogP contribution in [0, 0.1) is 5.92 Å². The van der Waals surface area contributed by atoms with E-state index in [0.29, 0.717) is 69.1 Å². The van der Waals surface area contributed by atoms with E-state index in [9.17, 15) is 14.2 Å². The molecule has 3 N–H and O–H groups in total. The second-order valence-electron chi connectivity index (χ2n) is 18.7. The largest absolute Gasteiger partial charge is 0.494 e. The van der Waals surface area contributed by atoms with E-state index in [-0.39, 0.29) is 17.7 Å². The summed E-state index contributed by atoms with van der Waals surface area (Å²) in [6, 6.07) is 17.5. The number of rotatable bonds is 14. The van der Waals surface area contributed by atoms with E-state index in [1.54, 1.807) is 39.0 Å². The third kappa shape index (κ3) is 9.93. The lowest BCUT2D eigenvalue weighted by Crippen LogP contribution is -2.55. The number of imide groups is 1. The molecule has 0 radical (unpaired) electrons. The summed E-state index contributed by atoms with van der Waals surface area (Å²) in [6.45, 7) is 13.3. The molecule has 0 bridgehead atoms. The Hall–Kier alpha value is -5.15. The minimum Gasteiger partial charge on any atom is -0.494 e. The summed E-state index contributed by atoms with van der Waals surface area (Å²) in [5.74, 6) is 1.73. The standard InChI is InChI=1S/C49H61BrN11O4P/c1-6-32-27-41(55-49-53-29-38(50)47(57-49)54-40-12-11-39-45(52-17-16-51-39)46(40)66(4,5)64)43(65-3)28-42(32)61-18-14-34(15-19-61)60-22-20-59(21-23-60)30-31-24-36(25-31)58(2)35-9-7-8-33(26-35)37-10-13-44(62)56-48(37)63/h7-9,11-12,16-17,26-29,31,34,36-37H,6,10,13-15,18-25,30H2,1-5H3,(H,56,62,63)(H2,53,54,55,57)/t31-,36-,37?. The predicted molar refractivity (Wildman–Crippen MR) is 267 cm³/mol. The lowest BCUT2D eigenvalue weighted by atomic mass is 9.78. The van der Waals surface area contributed by atoms with Crippen molar-refractivity contribution in [2.75, 3.05) is 93.7 Å². The van der Waals surface area contributed by atoms with Gasteiger partial charge < -0.3 is 34.6 Å². The number of carbonyl (C=O) groups is 2. The molecule has 1 saturated carbocycles. The number of fused-ring (bicyclic) bond motifs is 1. The van der Waals surface area contributed by atoms with Crippen LogP contribution in [0.5, 0.6) is 5.75 Å². The van der Waals surface area contributed by atoms with Crippen LogP contribution in [-0.2, 0) is 20.6 Å². The number of aromatic nitrogens is 4. The third-order valence-corrected chi connectivity index (χ3v) is 16.2. The molecule has 3 aromatic carbocycles.